The molecule has 0 aliphatic rings. The first-order chi connectivity index (χ1) is 5.21. The molecule has 0 fully saturated rings. The normalized spacial score (nSPS) is 13.3. The van der Waals surface area contributed by atoms with Gasteiger partial charge in [-0.05, 0) is 12.2 Å². The lowest BCUT2D eigenvalue weighted by atomic mass is 10.3. The fraction of sp³-hybridized carbons (Fsp3) is 1.00. The van der Waals surface area contributed by atoms with Gasteiger partial charge in [0.05, 0.1) is 5.75 Å². The van der Waals surface area contributed by atoms with Crippen LogP contribution in [0, 0.1) is 0 Å². The Kier molecular flexibility index (Phi) is 4.95. The van der Waals surface area contributed by atoms with E-state index in [1.54, 1.807) is 11.8 Å². The molecule has 0 rings (SSSR count). The number of hydrogen-bond donors (Lipinski definition) is 0. The number of thioether (sulfide) groups is 1. The van der Waals surface area contributed by atoms with Gasteiger partial charge in [-0.15, -0.1) is 0 Å². The van der Waals surface area contributed by atoms with E-state index in [9.17, 15) is 8.42 Å². The van der Waals surface area contributed by atoms with Crippen molar-refractivity contribution in [2.45, 2.75) is 31.9 Å². The van der Waals surface area contributed by atoms with Gasteiger partial charge in [-0.25, -0.2) is 8.42 Å². The van der Waals surface area contributed by atoms with Crippen LogP contribution in [0.5, 0.6) is 0 Å². The summed E-state index contributed by atoms with van der Waals surface area (Å²) in [5, 5.41) is 0. The fourth-order valence-corrected chi connectivity index (χ4v) is 2.51. The third-order valence-corrected chi connectivity index (χ3v) is 3.67. The van der Waals surface area contributed by atoms with E-state index < -0.39 is 9.05 Å². The largest absolute Gasteiger partial charge is 0.232 e. The highest BCUT2D eigenvalue weighted by Crippen LogP contribution is 2.23. The molecule has 0 spiro atoms. The molecule has 0 aromatic rings. The summed E-state index contributed by atoms with van der Waals surface area (Å²) in [6.45, 7) is 6.31. The van der Waals surface area contributed by atoms with E-state index in [1.807, 2.05) is 0 Å². The van der Waals surface area contributed by atoms with Crippen LogP contribution in [0.2, 0.25) is 0 Å². The molecule has 0 aliphatic carbocycles. The Balaban J connectivity index is 3.48. The second-order valence-corrected chi connectivity index (χ2v) is 8.38. The van der Waals surface area contributed by atoms with Crippen LogP contribution >= 0.6 is 22.4 Å². The number of halogens is 1. The molecule has 0 heterocycles. The maximum absolute atomic E-state index is 10.5. The van der Waals surface area contributed by atoms with Crippen LogP contribution < -0.4 is 0 Å². The lowest BCUT2D eigenvalue weighted by molar-refractivity contribution is 0.608. The van der Waals surface area contributed by atoms with Gasteiger partial charge in [-0.3, -0.25) is 0 Å². The van der Waals surface area contributed by atoms with Crippen LogP contribution in [-0.2, 0) is 9.05 Å². The molecule has 0 N–H and O–H groups in total. The van der Waals surface area contributed by atoms with Gasteiger partial charge in [-0.2, -0.15) is 11.8 Å². The molecule has 0 aromatic heterocycles. The Morgan fingerprint density at radius 3 is 2.17 bits per heavy atom. The lowest BCUT2D eigenvalue weighted by Crippen LogP contribution is -2.09. The summed E-state index contributed by atoms with van der Waals surface area (Å²) in [5.41, 5.74) is 0. The zero-order valence-corrected chi connectivity index (χ0v) is 10.0. The summed E-state index contributed by atoms with van der Waals surface area (Å²) in [5.74, 6) is 0.924. The summed E-state index contributed by atoms with van der Waals surface area (Å²) in [4.78, 5) is 0. The number of hydrogen-bond acceptors (Lipinski definition) is 3. The molecule has 0 amide bonds. The predicted molar refractivity (Wildman–Crippen MR) is 56.5 cm³/mol. The first-order valence-electron chi connectivity index (χ1n) is 3.77. The molecule has 0 unspecified atom stereocenters. The second-order valence-electron chi connectivity index (χ2n) is 3.56. The highest BCUT2D eigenvalue weighted by Gasteiger charge is 2.11. The van der Waals surface area contributed by atoms with E-state index in [-0.39, 0.29) is 10.5 Å². The number of rotatable bonds is 4. The molecule has 0 saturated heterocycles. The topological polar surface area (TPSA) is 34.1 Å². The van der Waals surface area contributed by atoms with Gasteiger partial charge in [0.25, 0.3) is 0 Å². The third kappa shape index (κ3) is 10.6. The minimum Gasteiger partial charge on any atom is -0.212 e. The van der Waals surface area contributed by atoms with Gasteiger partial charge < -0.3 is 0 Å². The molecule has 0 aromatic carbocycles. The van der Waals surface area contributed by atoms with Crippen molar-refractivity contribution < 1.29 is 8.42 Å². The van der Waals surface area contributed by atoms with E-state index in [4.69, 9.17) is 10.7 Å². The van der Waals surface area contributed by atoms with Gasteiger partial charge in [0.15, 0.2) is 0 Å². The summed E-state index contributed by atoms with van der Waals surface area (Å²) < 4.78 is 21.2. The molecule has 2 nitrogen and oxygen atoms in total. The molecule has 0 atom stereocenters. The average Bonchev–Trinajstić information content (AvgIpc) is 1.76. The molecule has 0 aliphatic heterocycles. The van der Waals surface area contributed by atoms with Gasteiger partial charge in [0.1, 0.15) is 0 Å². The Labute approximate surface area is 83.5 Å². The molecular formula is C7H15ClO2S2. The van der Waals surface area contributed by atoms with Gasteiger partial charge in [0.2, 0.25) is 9.05 Å². The Morgan fingerprint density at radius 1 is 1.33 bits per heavy atom. The minimum absolute atomic E-state index is 0.0810. The van der Waals surface area contributed by atoms with Crippen molar-refractivity contribution in [1.29, 1.82) is 0 Å². The van der Waals surface area contributed by atoms with Crippen molar-refractivity contribution in [2.75, 3.05) is 11.5 Å². The second kappa shape index (κ2) is 4.72. The molecule has 0 radical (unpaired) electrons. The Bertz CT molecular complexity index is 216. The molecule has 5 heteroatoms. The maximum Gasteiger partial charge on any atom is 0.232 e. The SMILES string of the molecule is CC(C)(C)SCCCS(=O)(=O)Cl. The van der Waals surface area contributed by atoms with Crippen LogP contribution in [-0.4, -0.2) is 24.7 Å². The lowest BCUT2D eigenvalue weighted by Gasteiger charge is -2.16. The van der Waals surface area contributed by atoms with Crippen LogP contribution in [0.3, 0.4) is 0 Å². The standard InChI is InChI=1S/C7H15ClO2S2/c1-7(2,3)11-5-4-6-12(8,9)10/h4-6H2,1-3H3. The maximum atomic E-state index is 10.5. The predicted octanol–water partition coefficient (Wildman–Crippen LogP) is 2.48. The molecule has 74 valence electrons. The van der Waals surface area contributed by atoms with Crippen molar-refractivity contribution in [2.24, 2.45) is 0 Å². The zero-order valence-electron chi connectivity index (χ0n) is 7.63. The third-order valence-electron chi connectivity index (χ3n) is 1.07. The molecule has 0 bridgehead atoms. The van der Waals surface area contributed by atoms with Crippen molar-refractivity contribution in [1.82, 2.24) is 0 Å². The monoisotopic (exact) mass is 230 g/mol. The van der Waals surface area contributed by atoms with Gasteiger partial charge in [-0.1, -0.05) is 20.8 Å². The van der Waals surface area contributed by atoms with Crippen molar-refractivity contribution in [3.05, 3.63) is 0 Å². The van der Waals surface area contributed by atoms with E-state index in [0.717, 1.165) is 5.75 Å². The van der Waals surface area contributed by atoms with E-state index in [1.165, 1.54) is 0 Å². The quantitative estimate of drug-likeness (QED) is 0.550. The Morgan fingerprint density at radius 2 is 1.83 bits per heavy atom. The van der Waals surface area contributed by atoms with Gasteiger partial charge in [0, 0.05) is 15.4 Å². The van der Waals surface area contributed by atoms with E-state index >= 15 is 0 Å². The minimum atomic E-state index is -3.28. The summed E-state index contributed by atoms with van der Waals surface area (Å²) >= 11 is 1.75. The molecule has 0 saturated carbocycles. The first kappa shape index (κ1) is 12.6. The Hall–Kier alpha value is 0.590. The average molecular weight is 231 g/mol. The van der Waals surface area contributed by atoms with Crippen molar-refractivity contribution >= 4 is 31.5 Å². The smallest absolute Gasteiger partial charge is 0.212 e. The first-order valence-corrected chi connectivity index (χ1v) is 7.23. The van der Waals surface area contributed by atoms with E-state index in [2.05, 4.69) is 20.8 Å². The van der Waals surface area contributed by atoms with Crippen LogP contribution in [0.15, 0.2) is 0 Å². The van der Waals surface area contributed by atoms with Gasteiger partial charge >= 0.3 is 0 Å². The highest BCUT2D eigenvalue weighted by atomic mass is 35.7. The summed E-state index contributed by atoms with van der Waals surface area (Å²) in [6, 6.07) is 0. The van der Waals surface area contributed by atoms with Crippen LogP contribution in [0.25, 0.3) is 0 Å². The molecular weight excluding hydrogens is 216 g/mol. The summed E-state index contributed by atoms with van der Waals surface area (Å²) in [6.07, 6.45) is 0.633. The zero-order chi connectivity index (χ0) is 9.83. The fourth-order valence-electron chi connectivity index (χ4n) is 0.610. The van der Waals surface area contributed by atoms with Crippen molar-refractivity contribution in [3.8, 4) is 0 Å². The van der Waals surface area contributed by atoms with Crippen LogP contribution in [0.4, 0.5) is 0 Å². The van der Waals surface area contributed by atoms with Crippen molar-refractivity contribution in [3.63, 3.8) is 0 Å². The van der Waals surface area contributed by atoms with Crippen LogP contribution in [0.1, 0.15) is 27.2 Å². The summed E-state index contributed by atoms with van der Waals surface area (Å²) in [7, 11) is 1.76. The molecule has 12 heavy (non-hydrogen) atoms. The van der Waals surface area contributed by atoms with E-state index in [0.29, 0.717) is 6.42 Å². The highest BCUT2D eigenvalue weighted by molar-refractivity contribution is 8.13.